The lowest BCUT2D eigenvalue weighted by atomic mass is 9.77. The van der Waals surface area contributed by atoms with E-state index in [-0.39, 0.29) is 29.2 Å². The molecule has 3 fully saturated rings. The zero-order valence-electron chi connectivity index (χ0n) is 17.9. The number of benzene rings is 1. The molecule has 6 rings (SSSR count). The van der Waals surface area contributed by atoms with Crippen LogP contribution in [0.25, 0.3) is 11.4 Å². The third-order valence-corrected chi connectivity index (χ3v) is 6.35. The lowest BCUT2D eigenvalue weighted by Crippen LogP contribution is -2.59. The van der Waals surface area contributed by atoms with E-state index in [4.69, 9.17) is 4.74 Å². The van der Waals surface area contributed by atoms with Gasteiger partial charge in [-0.2, -0.15) is 13.2 Å². The first-order valence-electron chi connectivity index (χ1n) is 10.9. The number of halogens is 4. The van der Waals surface area contributed by atoms with Crippen molar-refractivity contribution in [2.75, 3.05) is 6.54 Å². The number of piperidine rings is 2. The number of carbonyl (C=O) groups is 1. The summed E-state index contributed by atoms with van der Waals surface area (Å²) in [6.45, 7) is 0.452. The Morgan fingerprint density at radius 2 is 1.82 bits per heavy atom. The van der Waals surface area contributed by atoms with Crippen LogP contribution in [-0.4, -0.2) is 44.4 Å². The van der Waals surface area contributed by atoms with Crippen molar-refractivity contribution in [1.82, 2.24) is 19.9 Å². The summed E-state index contributed by atoms with van der Waals surface area (Å²) in [7, 11) is 0. The van der Waals surface area contributed by atoms with Gasteiger partial charge in [-0.15, -0.1) is 0 Å². The van der Waals surface area contributed by atoms with Crippen LogP contribution in [0.5, 0.6) is 5.88 Å². The number of rotatable bonds is 4. The van der Waals surface area contributed by atoms with Crippen LogP contribution in [-0.2, 0) is 6.18 Å². The van der Waals surface area contributed by atoms with Gasteiger partial charge in [0, 0.05) is 36.8 Å². The first kappa shape index (κ1) is 22.2. The maximum Gasteiger partial charge on any atom is 0.417 e. The summed E-state index contributed by atoms with van der Waals surface area (Å²) in [6, 6.07) is 7.70. The Balaban J connectivity index is 1.41. The topological polar surface area (TPSA) is 68.2 Å². The molecule has 0 unspecified atom stereocenters. The van der Waals surface area contributed by atoms with Crippen LogP contribution in [0, 0.1) is 11.7 Å². The molecule has 10 heteroatoms. The fourth-order valence-electron chi connectivity index (χ4n) is 4.77. The van der Waals surface area contributed by atoms with Crippen LogP contribution >= 0.6 is 0 Å². The minimum Gasteiger partial charge on any atom is -0.472 e. The molecule has 4 heterocycles. The SMILES string of the molecule is O=C(c1c(F)cccc1-c1ncccn1)N1C[C@@H]2CC[C@H]1[C@H](Oc1ccc(C(F)(F)F)cn1)C2. The minimum absolute atomic E-state index is 0.0576. The standard InChI is InChI=1S/C24H20F4N4O2/c25-17-4-1-3-16(22-29-9-2-10-30-22)21(17)23(33)32-13-14-5-7-18(32)19(11-14)34-20-8-6-15(12-31-20)24(26,27)28/h1-4,6,8-10,12,14,18-19H,5,7,11,13H2/t14-,18+,19-/m1/s1. The third-order valence-electron chi connectivity index (χ3n) is 6.35. The fraction of sp³-hybridized carbons (Fsp3) is 0.333. The second-order valence-corrected chi connectivity index (χ2v) is 8.48. The van der Waals surface area contributed by atoms with Crippen molar-refractivity contribution in [3.8, 4) is 17.3 Å². The van der Waals surface area contributed by atoms with E-state index in [0.717, 1.165) is 18.7 Å². The molecule has 3 aliphatic rings. The molecule has 1 aromatic carbocycles. The van der Waals surface area contributed by atoms with E-state index in [1.165, 1.54) is 30.6 Å². The Kier molecular flexibility index (Phi) is 5.66. The molecule has 3 aromatic rings. The van der Waals surface area contributed by atoms with Crippen LogP contribution < -0.4 is 4.74 Å². The number of pyridine rings is 1. The lowest BCUT2D eigenvalue weighted by molar-refractivity contribution is -0.137. The largest absolute Gasteiger partial charge is 0.472 e. The average Bonchev–Trinajstić information content (AvgIpc) is 2.84. The van der Waals surface area contributed by atoms with Gasteiger partial charge in [0.2, 0.25) is 5.88 Å². The zero-order chi connectivity index (χ0) is 23.9. The van der Waals surface area contributed by atoms with Gasteiger partial charge in [-0.1, -0.05) is 12.1 Å². The zero-order valence-corrected chi connectivity index (χ0v) is 17.9. The van der Waals surface area contributed by atoms with E-state index in [1.807, 2.05) is 0 Å². The van der Waals surface area contributed by atoms with Crippen LogP contribution in [0.4, 0.5) is 17.6 Å². The first-order valence-corrected chi connectivity index (χ1v) is 10.9. The molecule has 0 radical (unpaired) electrons. The van der Waals surface area contributed by atoms with Crippen molar-refractivity contribution < 1.29 is 27.1 Å². The number of hydrogen-bond donors (Lipinski definition) is 0. The number of amides is 1. The summed E-state index contributed by atoms with van der Waals surface area (Å²) < 4.78 is 59.3. The molecule has 1 amide bonds. The summed E-state index contributed by atoms with van der Waals surface area (Å²) in [5.41, 5.74) is -0.668. The van der Waals surface area contributed by atoms with E-state index in [2.05, 4.69) is 15.0 Å². The van der Waals surface area contributed by atoms with E-state index >= 15 is 0 Å². The van der Waals surface area contributed by atoms with Crippen LogP contribution in [0.15, 0.2) is 55.0 Å². The molecule has 2 bridgehead atoms. The van der Waals surface area contributed by atoms with Crippen molar-refractivity contribution in [3.05, 3.63) is 71.9 Å². The number of aromatic nitrogens is 3. The molecule has 1 aliphatic carbocycles. The molecule has 2 aromatic heterocycles. The molecule has 3 atom stereocenters. The number of hydrogen-bond acceptors (Lipinski definition) is 5. The summed E-state index contributed by atoms with van der Waals surface area (Å²) in [4.78, 5) is 27.3. The molecule has 2 saturated heterocycles. The van der Waals surface area contributed by atoms with Crippen LogP contribution in [0.1, 0.15) is 35.2 Å². The van der Waals surface area contributed by atoms with Crippen molar-refractivity contribution in [3.63, 3.8) is 0 Å². The smallest absolute Gasteiger partial charge is 0.417 e. The van der Waals surface area contributed by atoms with Gasteiger partial charge in [-0.3, -0.25) is 4.79 Å². The highest BCUT2D eigenvalue weighted by molar-refractivity contribution is 6.00. The fourth-order valence-corrected chi connectivity index (χ4v) is 4.77. The monoisotopic (exact) mass is 472 g/mol. The molecule has 6 nitrogen and oxygen atoms in total. The maximum atomic E-state index is 14.9. The Labute approximate surface area is 192 Å². The van der Waals surface area contributed by atoms with Gasteiger partial charge in [0.1, 0.15) is 11.9 Å². The number of alkyl halides is 3. The minimum atomic E-state index is -4.49. The molecular weight excluding hydrogens is 452 g/mol. The van der Waals surface area contributed by atoms with Gasteiger partial charge in [0.15, 0.2) is 5.82 Å². The predicted molar refractivity (Wildman–Crippen MR) is 113 cm³/mol. The third kappa shape index (κ3) is 4.20. The maximum absolute atomic E-state index is 14.9. The quantitative estimate of drug-likeness (QED) is 0.512. The highest BCUT2D eigenvalue weighted by atomic mass is 19.4. The Morgan fingerprint density at radius 3 is 2.50 bits per heavy atom. The highest BCUT2D eigenvalue weighted by Crippen LogP contribution is 2.39. The van der Waals surface area contributed by atoms with Crippen molar-refractivity contribution in [1.29, 1.82) is 0 Å². The van der Waals surface area contributed by atoms with Crippen molar-refractivity contribution >= 4 is 5.91 Å². The van der Waals surface area contributed by atoms with Gasteiger partial charge in [0.25, 0.3) is 5.91 Å². The predicted octanol–water partition coefficient (Wildman–Crippen LogP) is 4.77. The summed E-state index contributed by atoms with van der Waals surface area (Å²) in [5.74, 6) is -0.713. The Bertz CT molecular complexity index is 1190. The van der Waals surface area contributed by atoms with Gasteiger partial charge >= 0.3 is 6.18 Å². The molecule has 34 heavy (non-hydrogen) atoms. The number of nitrogens with zero attached hydrogens (tertiary/aromatic N) is 4. The first-order chi connectivity index (χ1) is 16.3. The Hall–Kier alpha value is -3.56. The Morgan fingerprint density at radius 1 is 1.03 bits per heavy atom. The van der Waals surface area contributed by atoms with Gasteiger partial charge in [-0.25, -0.2) is 19.3 Å². The summed E-state index contributed by atoms with van der Waals surface area (Å²) in [6.07, 6.45) is 1.00. The van der Waals surface area contributed by atoms with E-state index in [0.29, 0.717) is 24.9 Å². The molecule has 1 saturated carbocycles. The van der Waals surface area contributed by atoms with E-state index in [1.54, 1.807) is 17.0 Å². The number of carbonyl (C=O) groups excluding carboxylic acids is 1. The highest BCUT2D eigenvalue weighted by Gasteiger charge is 2.45. The number of fused-ring (bicyclic) bond motifs is 3. The lowest BCUT2D eigenvalue weighted by Gasteiger charge is -2.49. The van der Waals surface area contributed by atoms with Gasteiger partial charge in [-0.05, 0) is 43.4 Å². The molecule has 176 valence electrons. The molecule has 2 aliphatic heterocycles. The van der Waals surface area contributed by atoms with Crippen molar-refractivity contribution in [2.24, 2.45) is 5.92 Å². The van der Waals surface area contributed by atoms with Gasteiger partial charge < -0.3 is 9.64 Å². The number of ether oxygens (including phenoxy) is 1. The molecular formula is C24H20F4N4O2. The van der Waals surface area contributed by atoms with Crippen molar-refractivity contribution in [2.45, 2.75) is 37.6 Å². The second-order valence-electron chi connectivity index (χ2n) is 8.48. The summed E-state index contributed by atoms with van der Waals surface area (Å²) >= 11 is 0. The average molecular weight is 472 g/mol. The molecule has 0 spiro atoms. The van der Waals surface area contributed by atoms with Gasteiger partial charge in [0.05, 0.1) is 17.2 Å². The second kappa shape index (κ2) is 8.66. The normalized spacial score (nSPS) is 22.0. The van der Waals surface area contributed by atoms with E-state index in [9.17, 15) is 22.4 Å². The van der Waals surface area contributed by atoms with Crippen LogP contribution in [0.3, 0.4) is 0 Å². The van der Waals surface area contributed by atoms with Crippen LogP contribution in [0.2, 0.25) is 0 Å². The molecule has 0 N–H and O–H groups in total. The van der Waals surface area contributed by atoms with E-state index < -0.39 is 29.6 Å². The summed E-state index contributed by atoms with van der Waals surface area (Å²) in [5, 5.41) is 0.